The van der Waals surface area contributed by atoms with Crippen LogP contribution in [-0.4, -0.2) is 29.7 Å². The summed E-state index contributed by atoms with van der Waals surface area (Å²) in [5.41, 5.74) is 3.75. The van der Waals surface area contributed by atoms with Gasteiger partial charge in [-0.25, -0.2) is 14.6 Å². The maximum absolute atomic E-state index is 12.9. The molecule has 0 aliphatic carbocycles. The quantitative estimate of drug-likeness (QED) is 0.389. The first-order valence-electron chi connectivity index (χ1n) is 10.2. The lowest BCUT2D eigenvalue weighted by molar-refractivity contribution is 0.388. The van der Waals surface area contributed by atoms with E-state index in [1.165, 1.54) is 0 Å². The molecular weight excluding hydrogens is 396 g/mol. The number of hydrogen-bond acceptors (Lipinski definition) is 5. The Kier molecular flexibility index (Phi) is 4.58. The first kappa shape index (κ1) is 19.1. The fourth-order valence-electron chi connectivity index (χ4n) is 3.95. The fraction of sp³-hybridized carbons (Fsp3) is 0.273. The molecule has 1 atom stereocenters. The van der Waals surface area contributed by atoms with E-state index < -0.39 is 5.76 Å². The highest BCUT2D eigenvalue weighted by Gasteiger charge is 2.23. The molecule has 3 aromatic heterocycles. The van der Waals surface area contributed by atoms with Crippen molar-refractivity contribution in [3.8, 4) is 11.4 Å². The Morgan fingerprint density at radius 1 is 1.00 bits per heavy atom. The smallest absolute Gasteiger partial charge is 0.340 e. The van der Waals surface area contributed by atoms with Crippen molar-refractivity contribution >= 4 is 22.1 Å². The van der Waals surface area contributed by atoms with Crippen LogP contribution in [0.25, 0.3) is 33.5 Å². The van der Waals surface area contributed by atoms with Crippen molar-refractivity contribution in [3.05, 3.63) is 69.3 Å². The normalized spacial score (nSPS) is 12.9. The lowest BCUT2D eigenvalue weighted by Gasteiger charge is -2.18. The molecule has 0 saturated carbocycles. The molecule has 0 bridgehead atoms. The van der Waals surface area contributed by atoms with Crippen LogP contribution >= 0.6 is 0 Å². The number of imidazole rings is 2. The molecule has 9 heteroatoms. The van der Waals surface area contributed by atoms with Crippen LogP contribution in [0.1, 0.15) is 38.6 Å². The molecule has 0 aliphatic heterocycles. The van der Waals surface area contributed by atoms with Gasteiger partial charge in [0.15, 0.2) is 5.82 Å². The van der Waals surface area contributed by atoms with Crippen LogP contribution in [0.15, 0.2) is 56.6 Å². The van der Waals surface area contributed by atoms with Crippen molar-refractivity contribution in [1.82, 2.24) is 29.7 Å². The zero-order chi connectivity index (χ0) is 21.5. The minimum absolute atomic E-state index is 0.156. The van der Waals surface area contributed by atoms with Gasteiger partial charge in [-0.3, -0.25) is 14.1 Å². The van der Waals surface area contributed by atoms with Crippen LogP contribution in [-0.2, 0) is 0 Å². The second-order valence-corrected chi connectivity index (χ2v) is 8.10. The molecule has 9 nitrogen and oxygen atoms in total. The topological polar surface area (TPSA) is 125 Å². The maximum Gasteiger partial charge on any atom is 0.439 e. The molecule has 0 saturated heterocycles. The van der Waals surface area contributed by atoms with E-state index in [-0.39, 0.29) is 11.7 Å². The summed E-state index contributed by atoms with van der Waals surface area (Å²) in [7, 11) is 0. The van der Waals surface area contributed by atoms with Crippen LogP contribution < -0.4 is 11.4 Å². The Balaban J connectivity index is 1.62. The van der Waals surface area contributed by atoms with Gasteiger partial charge in [-0.15, -0.1) is 0 Å². The van der Waals surface area contributed by atoms with E-state index in [0.29, 0.717) is 23.1 Å². The monoisotopic (exact) mass is 418 g/mol. The van der Waals surface area contributed by atoms with Crippen molar-refractivity contribution in [2.75, 3.05) is 0 Å². The third kappa shape index (κ3) is 3.48. The van der Waals surface area contributed by atoms with Gasteiger partial charge in [0.25, 0.3) is 0 Å². The van der Waals surface area contributed by atoms with Crippen LogP contribution in [0.3, 0.4) is 0 Å². The van der Waals surface area contributed by atoms with Gasteiger partial charge in [0.1, 0.15) is 5.82 Å². The van der Waals surface area contributed by atoms with Crippen molar-refractivity contribution in [3.63, 3.8) is 0 Å². The van der Waals surface area contributed by atoms with Gasteiger partial charge >= 0.3 is 11.4 Å². The summed E-state index contributed by atoms with van der Waals surface area (Å²) in [5.74, 6) is 0.947. The zero-order valence-corrected chi connectivity index (χ0v) is 17.2. The van der Waals surface area contributed by atoms with Gasteiger partial charge in [-0.05, 0) is 49.1 Å². The third-order valence-electron chi connectivity index (χ3n) is 5.48. The van der Waals surface area contributed by atoms with Crippen molar-refractivity contribution < 1.29 is 4.52 Å². The van der Waals surface area contributed by atoms with E-state index in [4.69, 9.17) is 4.98 Å². The number of hydrogen-bond donors (Lipinski definition) is 3. The lowest BCUT2D eigenvalue weighted by atomic mass is 10.0. The van der Waals surface area contributed by atoms with Gasteiger partial charge in [-0.2, -0.15) is 0 Å². The maximum atomic E-state index is 12.9. The number of rotatable bonds is 6. The van der Waals surface area contributed by atoms with Gasteiger partial charge in [0, 0.05) is 5.56 Å². The predicted octanol–water partition coefficient (Wildman–Crippen LogP) is 3.57. The number of aromatic amines is 3. The average Bonchev–Trinajstić information content (AvgIpc) is 3.44. The van der Waals surface area contributed by atoms with Crippen LogP contribution in [0.2, 0.25) is 0 Å². The SMILES string of the molecule is CC(C)CCC(c1nc2cc(-c3noc(=O)[nH]3)ccc2[nH]1)n1c(=O)[nH]c2ccccc21. The molecule has 0 fully saturated rings. The summed E-state index contributed by atoms with van der Waals surface area (Å²) in [5, 5.41) is 3.74. The molecule has 0 aliphatic rings. The number of aromatic nitrogens is 6. The van der Waals surface area contributed by atoms with Gasteiger partial charge < -0.3 is 9.97 Å². The molecule has 3 heterocycles. The summed E-state index contributed by atoms with van der Waals surface area (Å²) in [4.78, 5) is 37.8. The molecular formula is C22H22N6O3. The summed E-state index contributed by atoms with van der Waals surface area (Å²) >= 11 is 0. The van der Waals surface area contributed by atoms with Gasteiger partial charge in [-0.1, -0.05) is 31.1 Å². The van der Waals surface area contributed by atoms with E-state index in [1.807, 2.05) is 42.5 Å². The Morgan fingerprint density at radius 3 is 2.61 bits per heavy atom. The molecule has 0 amide bonds. The molecule has 0 spiro atoms. The highest BCUT2D eigenvalue weighted by atomic mass is 16.5. The van der Waals surface area contributed by atoms with Crippen molar-refractivity contribution in [2.45, 2.75) is 32.7 Å². The summed E-state index contributed by atoms with van der Waals surface area (Å²) < 4.78 is 6.38. The standard InChI is InChI=1S/C22H22N6O3/c1-12(2)7-10-18(28-17-6-4-3-5-15(17)25-21(28)29)20-23-14-9-8-13(11-16(14)24-20)19-26-22(30)31-27-19/h3-6,8-9,11-12,18H,7,10H2,1-2H3,(H,23,24)(H,25,29)(H,26,27,30). The Bertz CT molecular complexity index is 1480. The lowest BCUT2D eigenvalue weighted by Crippen LogP contribution is -2.24. The second kappa shape index (κ2) is 7.42. The highest BCUT2D eigenvalue weighted by Crippen LogP contribution is 2.28. The number of fused-ring (bicyclic) bond motifs is 2. The largest absolute Gasteiger partial charge is 0.439 e. The van der Waals surface area contributed by atoms with Gasteiger partial charge in [0.05, 0.1) is 28.1 Å². The van der Waals surface area contributed by atoms with E-state index in [9.17, 15) is 9.59 Å². The molecule has 0 radical (unpaired) electrons. The van der Waals surface area contributed by atoms with E-state index >= 15 is 0 Å². The highest BCUT2D eigenvalue weighted by molar-refractivity contribution is 5.80. The van der Waals surface area contributed by atoms with E-state index in [0.717, 1.165) is 34.9 Å². The second-order valence-electron chi connectivity index (χ2n) is 8.10. The zero-order valence-electron chi connectivity index (χ0n) is 17.2. The third-order valence-corrected chi connectivity index (χ3v) is 5.48. The minimum atomic E-state index is -0.606. The van der Waals surface area contributed by atoms with E-state index in [1.54, 1.807) is 4.57 Å². The number of nitrogens with zero attached hydrogens (tertiary/aromatic N) is 3. The average molecular weight is 418 g/mol. The molecule has 158 valence electrons. The Hall–Kier alpha value is -3.88. The number of H-pyrrole nitrogens is 3. The molecule has 31 heavy (non-hydrogen) atoms. The molecule has 2 aromatic carbocycles. The summed E-state index contributed by atoms with van der Waals surface area (Å²) in [6.45, 7) is 4.33. The van der Waals surface area contributed by atoms with Crippen LogP contribution in [0.4, 0.5) is 0 Å². The number of nitrogens with one attached hydrogen (secondary N) is 3. The summed E-state index contributed by atoms with van der Waals surface area (Å²) in [6.07, 6.45) is 1.71. The van der Waals surface area contributed by atoms with Gasteiger partial charge in [0.2, 0.25) is 0 Å². The van der Waals surface area contributed by atoms with Crippen LogP contribution in [0.5, 0.6) is 0 Å². The van der Waals surface area contributed by atoms with Crippen LogP contribution in [0, 0.1) is 5.92 Å². The molecule has 3 N–H and O–H groups in total. The molecule has 5 rings (SSSR count). The first-order valence-corrected chi connectivity index (χ1v) is 10.2. The first-order chi connectivity index (χ1) is 15.0. The Labute approximate surface area is 176 Å². The predicted molar refractivity (Wildman–Crippen MR) is 117 cm³/mol. The molecule has 1 unspecified atom stereocenters. The molecule has 5 aromatic rings. The number of para-hydroxylation sites is 2. The fourth-order valence-corrected chi connectivity index (χ4v) is 3.95. The van der Waals surface area contributed by atoms with Crippen molar-refractivity contribution in [1.29, 1.82) is 0 Å². The van der Waals surface area contributed by atoms with Crippen molar-refractivity contribution in [2.24, 2.45) is 5.92 Å². The minimum Gasteiger partial charge on any atom is -0.340 e. The Morgan fingerprint density at radius 2 is 1.84 bits per heavy atom. The van der Waals surface area contributed by atoms with E-state index in [2.05, 4.69) is 38.5 Å². The number of benzene rings is 2. The summed E-state index contributed by atoms with van der Waals surface area (Å²) in [6, 6.07) is 13.0.